The first kappa shape index (κ1) is 23.0. The van der Waals surface area contributed by atoms with Gasteiger partial charge in [0.1, 0.15) is 24.3 Å². The van der Waals surface area contributed by atoms with Gasteiger partial charge in [0.2, 0.25) is 5.91 Å². The summed E-state index contributed by atoms with van der Waals surface area (Å²) in [4.78, 5) is 29.4. The second-order valence-corrected chi connectivity index (χ2v) is 8.55. The fourth-order valence-corrected chi connectivity index (χ4v) is 3.16. The number of carbonyl (C=O) groups is 2. The number of hydrogen-bond donors (Lipinski definition) is 2. The van der Waals surface area contributed by atoms with Crippen LogP contribution in [0, 0.1) is 0 Å². The van der Waals surface area contributed by atoms with Crippen molar-refractivity contribution in [1.82, 2.24) is 25.4 Å². The monoisotopic (exact) mass is 435 g/mol. The Hall–Kier alpha value is -3.68. The molecule has 2 amide bonds. The van der Waals surface area contributed by atoms with Gasteiger partial charge in [0.25, 0.3) is 0 Å². The van der Waals surface area contributed by atoms with Crippen LogP contribution in [0.15, 0.2) is 67.3 Å². The topological polar surface area (TPSA) is 98.1 Å². The highest BCUT2D eigenvalue weighted by Gasteiger charge is 2.26. The van der Waals surface area contributed by atoms with Crippen molar-refractivity contribution in [3.05, 3.63) is 78.4 Å². The summed E-state index contributed by atoms with van der Waals surface area (Å²) >= 11 is 0. The molecule has 8 nitrogen and oxygen atoms in total. The van der Waals surface area contributed by atoms with Crippen molar-refractivity contribution in [3.63, 3.8) is 0 Å². The summed E-state index contributed by atoms with van der Waals surface area (Å²) in [5.41, 5.74) is 2.08. The van der Waals surface area contributed by atoms with Gasteiger partial charge in [-0.15, -0.1) is 0 Å². The molecule has 32 heavy (non-hydrogen) atoms. The number of alkyl carbamates (subject to hydrolysis) is 1. The van der Waals surface area contributed by atoms with E-state index in [2.05, 4.69) is 20.7 Å². The van der Waals surface area contributed by atoms with Crippen LogP contribution < -0.4 is 10.6 Å². The molecule has 2 atom stereocenters. The molecule has 0 aliphatic heterocycles. The number of aromatic nitrogens is 3. The summed E-state index contributed by atoms with van der Waals surface area (Å²) < 4.78 is 7.01. The summed E-state index contributed by atoms with van der Waals surface area (Å²) in [6.07, 6.45) is 2.82. The van der Waals surface area contributed by atoms with Gasteiger partial charge in [0, 0.05) is 6.42 Å². The average molecular weight is 436 g/mol. The van der Waals surface area contributed by atoms with Gasteiger partial charge < -0.3 is 15.4 Å². The van der Waals surface area contributed by atoms with E-state index in [-0.39, 0.29) is 11.9 Å². The Morgan fingerprint density at radius 3 is 2.31 bits per heavy atom. The van der Waals surface area contributed by atoms with Crippen LogP contribution in [0.3, 0.4) is 0 Å². The van der Waals surface area contributed by atoms with Crippen molar-refractivity contribution in [2.24, 2.45) is 0 Å². The second-order valence-electron chi connectivity index (χ2n) is 8.55. The fourth-order valence-electron chi connectivity index (χ4n) is 3.16. The number of nitrogens with zero attached hydrogens (tertiary/aromatic N) is 3. The van der Waals surface area contributed by atoms with Crippen molar-refractivity contribution < 1.29 is 14.3 Å². The third-order valence-corrected chi connectivity index (χ3v) is 4.73. The molecule has 0 saturated heterocycles. The molecule has 0 fully saturated rings. The van der Waals surface area contributed by atoms with E-state index in [9.17, 15) is 9.59 Å². The summed E-state index contributed by atoms with van der Waals surface area (Å²) in [7, 11) is 0. The number of benzene rings is 2. The van der Waals surface area contributed by atoms with Gasteiger partial charge >= 0.3 is 6.09 Å². The van der Waals surface area contributed by atoms with Crippen molar-refractivity contribution >= 4 is 12.0 Å². The van der Waals surface area contributed by atoms with E-state index in [1.165, 1.54) is 6.33 Å². The van der Waals surface area contributed by atoms with E-state index in [0.29, 0.717) is 6.42 Å². The molecular weight excluding hydrogens is 406 g/mol. The van der Waals surface area contributed by atoms with Crippen molar-refractivity contribution in [3.8, 4) is 5.69 Å². The summed E-state index contributed by atoms with van der Waals surface area (Å²) in [6, 6.07) is 16.2. The Balaban J connectivity index is 1.69. The zero-order valence-electron chi connectivity index (χ0n) is 18.8. The predicted octanol–water partition coefficient (Wildman–Crippen LogP) is 3.58. The number of rotatable bonds is 7. The molecular formula is C24H29N5O3. The quantitative estimate of drug-likeness (QED) is 0.591. The van der Waals surface area contributed by atoms with Crippen LogP contribution in [-0.4, -0.2) is 38.4 Å². The molecule has 168 valence electrons. The lowest BCUT2D eigenvalue weighted by Crippen LogP contribution is -2.49. The third-order valence-electron chi connectivity index (χ3n) is 4.73. The number of hydrogen-bond acceptors (Lipinski definition) is 5. The summed E-state index contributed by atoms with van der Waals surface area (Å²) in [6.45, 7) is 7.24. The highest BCUT2D eigenvalue weighted by atomic mass is 16.6. The molecule has 0 radical (unpaired) electrons. The fraction of sp³-hybridized carbons (Fsp3) is 0.333. The average Bonchev–Trinajstić information content (AvgIpc) is 3.27. The van der Waals surface area contributed by atoms with Crippen molar-refractivity contribution in [2.45, 2.75) is 51.8 Å². The number of amides is 2. The first-order chi connectivity index (χ1) is 15.2. The molecule has 8 heteroatoms. The van der Waals surface area contributed by atoms with Crippen LogP contribution in [0.1, 0.15) is 44.9 Å². The highest BCUT2D eigenvalue weighted by Crippen LogP contribution is 2.16. The van der Waals surface area contributed by atoms with E-state index in [4.69, 9.17) is 4.74 Å². The highest BCUT2D eigenvalue weighted by molar-refractivity contribution is 5.86. The maximum Gasteiger partial charge on any atom is 0.408 e. The number of carbonyl (C=O) groups excluding carboxylic acids is 2. The molecule has 0 aliphatic carbocycles. The molecule has 1 aromatic heterocycles. The minimum atomic E-state index is -0.774. The Labute approximate surface area is 188 Å². The largest absolute Gasteiger partial charge is 0.444 e. The minimum Gasteiger partial charge on any atom is -0.444 e. The zero-order chi connectivity index (χ0) is 23.1. The van der Waals surface area contributed by atoms with Gasteiger partial charge in [-0.1, -0.05) is 42.5 Å². The molecule has 2 aromatic carbocycles. The van der Waals surface area contributed by atoms with Crippen LogP contribution in [-0.2, 0) is 16.0 Å². The zero-order valence-corrected chi connectivity index (χ0v) is 18.8. The van der Waals surface area contributed by atoms with E-state index in [1.54, 1.807) is 31.8 Å². The molecule has 0 unspecified atom stereocenters. The van der Waals surface area contributed by atoms with Gasteiger partial charge in [0.05, 0.1) is 11.7 Å². The van der Waals surface area contributed by atoms with Gasteiger partial charge in [-0.25, -0.2) is 14.5 Å². The lowest BCUT2D eigenvalue weighted by molar-refractivity contribution is -0.123. The first-order valence-corrected chi connectivity index (χ1v) is 10.5. The van der Waals surface area contributed by atoms with Gasteiger partial charge in [-0.05, 0) is 51.0 Å². The summed E-state index contributed by atoms with van der Waals surface area (Å²) in [5.74, 6) is -0.285. The lowest BCUT2D eigenvalue weighted by Gasteiger charge is -2.25. The van der Waals surface area contributed by atoms with E-state index in [1.807, 2.05) is 61.5 Å². The lowest BCUT2D eigenvalue weighted by atomic mass is 10.0. The molecule has 0 spiro atoms. The number of nitrogens with one attached hydrogen (secondary N) is 2. The van der Waals surface area contributed by atoms with Gasteiger partial charge in [0.15, 0.2) is 0 Å². The molecule has 1 heterocycles. The molecule has 0 saturated carbocycles. The maximum absolute atomic E-state index is 13.1. The molecule has 0 aliphatic rings. The molecule has 0 bridgehead atoms. The molecule has 3 aromatic rings. The van der Waals surface area contributed by atoms with Crippen molar-refractivity contribution in [2.75, 3.05) is 0 Å². The normalized spacial score (nSPS) is 13.1. The summed E-state index contributed by atoms with van der Waals surface area (Å²) in [5, 5.41) is 9.82. The van der Waals surface area contributed by atoms with Crippen LogP contribution >= 0.6 is 0 Å². The smallest absolute Gasteiger partial charge is 0.408 e. The molecule has 2 N–H and O–H groups in total. The SMILES string of the molecule is C[C@@H](NC(=O)[C@@H](Cc1ccccc1)NC(=O)OC(C)(C)C)c1ccc(-n2cncn2)cc1. The Kier molecular flexibility index (Phi) is 7.25. The first-order valence-electron chi connectivity index (χ1n) is 10.5. The standard InChI is InChI=1S/C24H29N5O3/c1-17(19-10-12-20(13-11-19)29-16-25-15-26-29)27-22(30)21(14-18-8-6-5-7-9-18)28-23(31)32-24(2,3)4/h5-13,15-17,21H,14H2,1-4H3,(H,27,30)(H,28,31)/t17-,21-/m1/s1. The minimum absolute atomic E-state index is 0.258. The van der Waals surface area contributed by atoms with Crippen LogP contribution in [0.5, 0.6) is 0 Å². The third kappa shape index (κ3) is 6.66. The predicted molar refractivity (Wildman–Crippen MR) is 121 cm³/mol. The van der Waals surface area contributed by atoms with E-state index in [0.717, 1.165) is 16.8 Å². The van der Waals surface area contributed by atoms with Crippen molar-refractivity contribution in [1.29, 1.82) is 0 Å². The van der Waals surface area contributed by atoms with Crippen LogP contribution in [0.2, 0.25) is 0 Å². The van der Waals surface area contributed by atoms with Gasteiger partial charge in [-0.3, -0.25) is 4.79 Å². The Morgan fingerprint density at radius 2 is 1.72 bits per heavy atom. The maximum atomic E-state index is 13.1. The van der Waals surface area contributed by atoms with Crippen LogP contribution in [0.25, 0.3) is 5.69 Å². The van der Waals surface area contributed by atoms with E-state index < -0.39 is 17.7 Å². The Morgan fingerprint density at radius 1 is 1.03 bits per heavy atom. The number of ether oxygens (including phenoxy) is 1. The van der Waals surface area contributed by atoms with E-state index >= 15 is 0 Å². The van der Waals surface area contributed by atoms with Crippen LogP contribution in [0.4, 0.5) is 4.79 Å². The second kappa shape index (κ2) is 10.1. The molecule has 3 rings (SSSR count). The van der Waals surface area contributed by atoms with Gasteiger partial charge in [-0.2, -0.15) is 5.10 Å². The Bertz CT molecular complexity index is 1010.